The number of sulfonamides is 1. The summed E-state index contributed by atoms with van der Waals surface area (Å²) < 4.78 is 29.2. The molecule has 1 saturated heterocycles. The maximum atomic E-state index is 12.0. The Morgan fingerprint density at radius 3 is 2.39 bits per heavy atom. The van der Waals surface area contributed by atoms with Crippen molar-refractivity contribution in [2.45, 2.75) is 4.90 Å². The first-order valence-electron chi connectivity index (χ1n) is 5.47. The third-order valence-electron chi connectivity index (χ3n) is 2.55. The van der Waals surface area contributed by atoms with E-state index in [0.29, 0.717) is 31.9 Å². The van der Waals surface area contributed by atoms with Crippen molar-refractivity contribution in [2.24, 2.45) is 0 Å². The van der Waals surface area contributed by atoms with Gasteiger partial charge in [-0.05, 0) is 24.3 Å². The van der Waals surface area contributed by atoms with E-state index in [1.54, 1.807) is 5.01 Å². The van der Waals surface area contributed by atoms with E-state index in [-0.39, 0.29) is 4.90 Å². The smallest absolute Gasteiger partial charge is 0.253 e. The van der Waals surface area contributed by atoms with Gasteiger partial charge < -0.3 is 4.74 Å². The zero-order valence-corrected chi connectivity index (χ0v) is 10.5. The minimum atomic E-state index is -3.57. The van der Waals surface area contributed by atoms with E-state index >= 15 is 0 Å². The molecule has 1 fully saturated rings. The van der Waals surface area contributed by atoms with Gasteiger partial charge in [0.25, 0.3) is 10.0 Å². The molecular weight excluding hydrogens is 254 g/mol. The second kappa shape index (κ2) is 5.46. The van der Waals surface area contributed by atoms with E-state index in [2.05, 4.69) is 4.83 Å². The highest BCUT2D eigenvalue weighted by Gasteiger charge is 2.19. The van der Waals surface area contributed by atoms with E-state index in [0.717, 1.165) is 0 Å². The van der Waals surface area contributed by atoms with Crippen LogP contribution >= 0.6 is 0 Å². The third kappa shape index (κ3) is 3.05. The van der Waals surface area contributed by atoms with Crippen LogP contribution in [0.4, 0.5) is 0 Å². The summed E-state index contributed by atoms with van der Waals surface area (Å²) in [6.07, 6.45) is 0. The van der Waals surface area contributed by atoms with E-state index < -0.39 is 10.0 Å². The molecule has 0 unspecified atom stereocenters. The maximum Gasteiger partial charge on any atom is 0.253 e. The van der Waals surface area contributed by atoms with Crippen LogP contribution in [0.2, 0.25) is 0 Å². The van der Waals surface area contributed by atoms with Crippen molar-refractivity contribution >= 4 is 10.0 Å². The standard InChI is InChI=1S/C11H13N3O3S/c12-9-10-1-3-11(4-2-10)18(15,16)13-14-5-7-17-8-6-14/h1-4,13H,5-8H2. The number of hydrogen-bond acceptors (Lipinski definition) is 5. The monoisotopic (exact) mass is 267 g/mol. The average Bonchev–Trinajstić information content (AvgIpc) is 2.39. The van der Waals surface area contributed by atoms with Crippen LogP contribution in [-0.4, -0.2) is 39.7 Å². The summed E-state index contributed by atoms with van der Waals surface area (Å²) >= 11 is 0. The summed E-state index contributed by atoms with van der Waals surface area (Å²) in [6.45, 7) is 2.07. The van der Waals surface area contributed by atoms with Gasteiger partial charge in [-0.2, -0.15) is 5.26 Å². The molecule has 1 aromatic carbocycles. The van der Waals surface area contributed by atoms with Crippen molar-refractivity contribution < 1.29 is 13.2 Å². The summed E-state index contributed by atoms with van der Waals surface area (Å²) in [5, 5.41) is 10.3. The highest BCUT2D eigenvalue weighted by molar-refractivity contribution is 7.89. The lowest BCUT2D eigenvalue weighted by atomic mass is 10.2. The molecule has 0 radical (unpaired) electrons. The first kappa shape index (κ1) is 13.0. The number of hydrazine groups is 1. The summed E-state index contributed by atoms with van der Waals surface area (Å²) in [5.41, 5.74) is 0.431. The molecule has 0 amide bonds. The fourth-order valence-electron chi connectivity index (χ4n) is 1.59. The summed E-state index contributed by atoms with van der Waals surface area (Å²) in [5.74, 6) is 0. The molecule has 0 spiro atoms. The molecule has 96 valence electrons. The van der Waals surface area contributed by atoms with Gasteiger partial charge in [-0.3, -0.25) is 0 Å². The van der Waals surface area contributed by atoms with E-state index in [1.165, 1.54) is 24.3 Å². The number of morpholine rings is 1. The Labute approximate surface area is 106 Å². The van der Waals surface area contributed by atoms with Crippen LogP contribution in [-0.2, 0) is 14.8 Å². The number of hydrogen-bond donors (Lipinski definition) is 1. The van der Waals surface area contributed by atoms with Gasteiger partial charge in [-0.25, -0.2) is 13.4 Å². The quantitative estimate of drug-likeness (QED) is 0.839. The topological polar surface area (TPSA) is 82.4 Å². The van der Waals surface area contributed by atoms with Gasteiger partial charge >= 0.3 is 0 Å². The number of nitriles is 1. The van der Waals surface area contributed by atoms with Crippen LogP contribution in [0.5, 0.6) is 0 Å². The van der Waals surface area contributed by atoms with Crippen molar-refractivity contribution in [3.63, 3.8) is 0 Å². The lowest BCUT2D eigenvalue weighted by Gasteiger charge is -2.26. The largest absolute Gasteiger partial charge is 0.379 e. The second-order valence-corrected chi connectivity index (χ2v) is 5.49. The summed E-state index contributed by atoms with van der Waals surface area (Å²) in [6, 6.07) is 7.74. The Hall–Kier alpha value is -1.46. The first-order valence-corrected chi connectivity index (χ1v) is 6.95. The fraction of sp³-hybridized carbons (Fsp3) is 0.364. The SMILES string of the molecule is N#Cc1ccc(S(=O)(=O)NN2CCOCC2)cc1. The van der Waals surface area contributed by atoms with Crippen molar-refractivity contribution in [3.05, 3.63) is 29.8 Å². The van der Waals surface area contributed by atoms with Crippen molar-refractivity contribution in [3.8, 4) is 6.07 Å². The number of nitrogens with one attached hydrogen (secondary N) is 1. The van der Waals surface area contributed by atoms with Crippen molar-refractivity contribution in [1.82, 2.24) is 9.84 Å². The number of ether oxygens (including phenoxy) is 1. The summed E-state index contributed by atoms with van der Waals surface area (Å²) in [7, 11) is -3.57. The van der Waals surface area contributed by atoms with Crippen molar-refractivity contribution in [2.75, 3.05) is 26.3 Å². The normalized spacial score (nSPS) is 17.3. The Morgan fingerprint density at radius 2 is 1.83 bits per heavy atom. The number of nitrogens with zero attached hydrogens (tertiary/aromatic N) is 2. The Morgan fingerprint density at radius 1 is 1.22 bits per heavy atom. The molecule has 0 atom stereocenters. The predicted molar refractivity (Wildman–Crippen MR) is 63.9 cm³/mol. The summed E-state index contributed by atoms with van der Waals surface area (Å²) in [4.78, 5) is 2.64. The van der Waals surface area contributed by atoms with Crippen LogP contribution in [0.3, 0.4) is 0 Å². The Balaban J connectivity index is 2.12. The van der Waals surface area contributed by atoms with Gasteiger partial charge in [0.2, 0.25) is 0 Å². The molecule has 0 saturated carbocycles. The number of rotatable bonds is 3. The lowest BCUT2D eigenvalue weighted by molar-refractivity contribution is 0.0272. The van der Waals surface area contributed by atoms with Gasteiger partial charge in [0.05, 0.1) is 29.7 Å². The molecule has 6 nitrogen and oxygen atoms in total. The lowest BCUT2D eigenvalue weighted by Crippen LogP contribution is -2.48. The van der Waals surface area contributed by atoms with Crippen LogP contribution < -0.4 is 4.83 Å². The highest BCUT2D eigenvalue weighted by Crippen LogP contribution is 2.10. The molecule has 0 aliphatic carbocycles. The molecule has 1 N–H and O–H groups in total. The molecule has 1 aliphatic rings. The average molecular weight is 267 g/mol. The Kier molecular flexibility index (Phi) is 3.93. The van der Waals surface area contributed by atoms with Crippen LogP contribution in [0.1, 0.15) is 5.56 Å². The molecule has 1 aliphatic heterocycles. The zero-order chi connectivity index (χ0) is 13.0. The van der Waals surface area contributed by atoms with Gasteiger partial charge in [-0.1, -0.05) is 0 Å². The maximum absolute atomic E-state index is 12.0. The Bertz CT molecular complexity index is 542. The molecular formula is C11H13N3O3S. The van der Waals surface area contributed by atoms with Crippen LogP contribution in [0.15, 0.2) is 29.2 Å². The molecule has 2 rings (SSSR count). The van der Waals surface area contributed by atoms with E-state index in [1.807, 2.05) is 6.07 Å². The fourth-order valence-corrected chi connectivity index (χ4v) is 2.71. The molecule has 0 bridgehead atoms. The van der Waals surface area contributed by atoms with Gasteiger partial charge in [0.15, 0.2) is 0 Å². The van der Waals surface area contributed by atoms with Gasteiger partial charge in [-0.15, -0.1) is 4.83 Å². The second-order valence-electron chi connectivity index (χ2n) is 3.83. The van der Waals surface area contributed by atoms with Crippen LogP contribution in [0.25, 0.3) is 0 Å². The molecule has 1 heterocycles. The van der Waals surface area contributed by atoms with Gasteiger partial charge in [0, 0.05) is 13.1 Å². The molecule has 1 aromatic rings. The third-order valence-corrected chi connectivity index (χ3v) is 3.95. The highest BCUT2D eigenvalue weighted by atomic mass is 32.2. The number of benzene rings is 1. The first-order chi connectivity index (χ1) is 8.62. The molecule has 18 heavy (non-hydrogen) atoms. The zero-order valence-electron chi connectivity index (χ0n) is 9.67. The van der Waals surface area contributed by atoms with Crippen LogP contribution in [0, 0.1) is 11.3 Å². The van der Waals surface area contributed by atoms with Crippen molar-refractivity contribution in [1.29, 1.82) is 5.26 Å². The minimum absolute atomic E-state index is 0.146. The predicted octanol–water partition coefficient (Wildman–Crippen LogP) is 0.0838. The van der Waals surface area contributed by atoms with Gasteiger partial charge in [0.1, 0.15) is 0 Å². The molecule has 7 heteroatoms. The molecule has 0 aromatic heterocycles. The van der Waals surface area contributed by atoms with E-state index in [4.69, 9.17) is 10.00 Å². The van der Waals surface area contributed by atoms with E-state index in [9.17, 15) is 8.42 Å². The minimum Gasteiger partial charge on any atom is -0.379 e.